The zero-order chi connectivity index (χ0) is 11.7. The molecule has 82 valence electrons. The summed E-state index contributed by atoms with van der Waals surface area (Å²) in [5.41, 5.74) is 0. The number of carbonyl (C=O) groups is 3. The van der Waals surface area contributed by atoms with Gasteiger partial charge in [-0.25, -0.2) is 0 Å². The standard InChI is InChI=1S/C9H11IN2O3/c1-2-3-4-7(13)11-6-9(15)12-8(14)5-10/h1H,3-6H2,(H,11,13)(H,12,14,15). The van der Waals surface area contributed by atoms with Crippen LogP contribution in [-0.4, -0.2) is 28.7 Å². The van der Waals surface area contributed by atoms with Crippen molar-refractivity contribution < 1.29 is 14.4 Å². The molecule has 0 spiro atoms. The molecule has 0 aliphatic rings. The highest BCUT2D eigenvalue weighted by molar-refractivity contribution is 14.1. The lowest BCUT2D eigenvalue weighted by Gasteiger charge is -2.03. The summed E-state index contributed by atoms with van der Waals surface area (Å²) in [5, 5.41) is 4.45. The van der Waals surface area contributed by atoms with Crippen molar-refractivity contribution in [1.82, 2.24) is 10.6 Å². The first-order valence-electron chi connectivity index (χ1n) is 4.19. The summed E-state index contributed by atoms with van der Waals surface area (Å²) in [6.07, 6.45) is 5.48. The lowest BCUT2D eigenvalue weighted by molar-refractivity contribution is -0.130. The molecule has 2 N–H and O–H groups in total. The molecule has 0 atom stereocenters. The summed E-state index contributed by atoms with van der Waals surface area (Å²) in [7, 11) is 0. The Morgan fingerprint density at radius 3 is 2.40 bits per heavy atom. The van der Waals surface area contributed by atoms with Crippen molar-refractivity contribution in [1.29, 1.82) is 0 Å². The van der Waals surface area contributed by atoms with Crippen LogP contribution in [0.2, 0.25) is 0 Å². The third-order valence-electron chi connectivity index (χ3n) is 1.34. The topological polar surface area (TPSA) is 75.3 Å². The molecule has 0 saturated carbocycles. The number of carbonyl (C=O) groups excluding carboxylic acids is 3. The average molecular weight is 322 g/mol. The first-order chi connectivity index (χ1) is 7.10. The normalized spacial score (nSPS) is 8.80. The fourth-order valence-electron chi connectivity index (χ4n) is 0.686. The average Bonchev–Trinajstić information content (AvgIpc) is 2.23. The molecule has 0 aromatic carbocycles. The number of hydrogen-bond acceptors (Lipinski definition) is 3. The van der Waals surface area contributed by atoms with Gasteiger partial charge in [-0.1, -0.05) is 22.6 Å². The second-order valence-corrected chi connectivity index (χ2v) is 3.35. The fourth-order valence-corrected chi connectivity index (χ4v) is 0.877. The second kappa shape index (κ2) is 8.23. The van der Waals surface area contributed by atoms with Crippen LogP contribution in [-0.2, 0) is 14.4 Å². The van der Waals surface area contributed by atoms with Gasteiger partial charge >= 0.3 is 0 Å². The Labute approximate surface area is 102 Å². The van der Waals surface area contributed by atoms with Gasteiger partial charge in [0.15, 0.2) is 0 Å². The molecule has 0 aliphatic heterocycles. The molecule has 0 bridgehead atoms. The van der Waals surface area contributed by atoms with Gasteiger partial charge in [0, 0.05) is 12.8 Å². The molecule has 0 aliphatic carbocycles. The number of amides is 3. The number of terminal acetylenes is 1. The maximum Gasteiger partial charge on any atom is 0.245 e. The van der Waals surface area contributed by atoms with Gasteiger partial charge < -0.3 is 5.32 Å². The van der Waals surface area contributed by atoms with Gasteiger partial charge in [-0.05, 0) is 0 Å². The predicted octanol–water partition coefficient (Wildman–Crippen LogP) is -0.406. The van der Waals surface area contributed by atoms with Crippen LogP contribution in [0.15, 0.2) is 0 Å². The summed E-state index contributed by atoms with van der Waals surface area (Å²) < 4.78 is 0.203. The molecule has 6 heteroatoms. The maximum absolute atomic E-state index is 11.0. The van der Waals surface area contributed by atoms with E-state index in [4.69, 9.17) is 6.42 Å². The van der Waals surface area contributed by atoms with Crippen molar-refractivity contribution in [2.24, 2.45) is 0 Å². The van der Waals surface area contributed by atoms with Crippen molar-refractivity contribution in [3.63, 3.8) is 0 Å². The smallest absolute Gasteiger partial charge is 0.245 e. The Morgan fingerprint density at radius 1 is 1.20 bits per heavy atom. The molecule has 0 heterocycles. The highest BCUT2D eigenvalue weighted by atomic mass is 127. The van der Waals surface area contributed by atoms with E-state index >= 15 is 0 Å². The van der Waals surface area contributed by atoms with Crippen LogP contribution in [0.1, 0.15) is 12.8 Å². The van der Waals surface area contributed by atoms with Crippen LogP contribution in [0.3, 0.4) is 0 Å². The Hall–Kier alpha value is -1.10. The summed E-state index contributed by atoms with van der Waals surface area (Å²) in [6, 6.07) is 0. The van der Waals surface area contributed by atoms with Crippen molar-refractivity contribution >= 4 is 40.3 Å². The van der Waals surface area contributed by atoms with Crippen LogP contribution in [0.4, 0.5) is 0 Å². The first-order valence-corrected chi connectivity index (χ1v) is 5.71. The molecule has 5 nitrogen and oxygen atoms in total. The summed E-state index contributed by atoms with van der Waals surface area (Å²) in [4.78, 5) is 32.7. The van der Waals surface area contributed by atoms with Crippen molar-refractivity contribution in [2.75, 3.05) is 11.0 Å². The van der Waals surface area contributed by atoms with Crippen molar-refractivity contribution in [3.05, 3.63) is 0 Å². The summed E-state index contributed by atoms with van der Waals surface area (Å²) in [5.74, 6) is 1.11. The number of alkyl halides is 1. The van der Waals surface area contributed by atoms with E-state index in [0.29, 0.717) is 6.42 Å². The molecule has 0 saturated heterocycles. The summed E-state index contributed by atoms with van der Waals surface area (Å²) in [6.45, 7) is -0.203. The predicted molar refractivity (Wildman–Crippen MR) is 63.1 cm³/mol. The molecular formula is C9H11IN2O3. The molecule has 0 fully saturated rings. The SMILES string of the molecule is C#CCCC(=O)NCC(=O)NC(=O)CI. The minimum atomic E-state index is -0.522. The lowest BCUT2D eigenvalue weighted by Crippen LogP contribution is -2.40. The zero-order valence-corrected chi connectivity index (χ0v) is 10.2. The van der Waals surface area contributed by atoms with E-state index in [9.17, 15) is 14.4 Å². The number of halogens is 1. The Kier molecular flexibility index (Phi) is 7.62. The largest absolute Gasteiger partial charge is 0.347 e. The molecule has 0 unspecified atom stereocenters. The van der Waals surface area contributed by atoms with E-state index in [-0.39, 0.29) is 29.2 Å². The summed E-state index contributed by atoms with van der Waals surface area (Å²) >= 11 is 1.83. The molecule has 15 heavy (non-hydrogen) atoms. The third-order valence-corrected chi connectivity index (χ3v) is 2.04. The van der Waals surface area contributed by atoms with E-state index in [1.165, 1.54) is 0 Å². The second-order valence-electron chi connectivity index (χ2n) is 2.59. The van der Waals surface area contributed by atoms with Gasteiger partial charge in [0.1, 0.15) is 0 Å². The maximum atomic E-state index is 11.0. The van der Waals surface area contributed by atoms with E-state index < -0.39 is 5.91 Å². The molecular weight excluding hydrogens is 311 g/mol. The minimum Gasteiger partial charge on any atom is -0.347 e. The van der Waals surface area contributed by atoms with Crippen molar-refractivity contribution in [2.45, 2.75) is 12.8 Å². The van der Waals surface area contributed by atoms with Gasteiger partial charge in [0.2, 0.25) is 17.7 Å². The zero-order valence-electron chi connectivity index (χ0n) is 8.01. The van der Waals surface area contributed by atoms with Crippen LogP contribution in [0, 0.1) is 12.3 Å². The highest BCUT2D eigenvalue weighted by Crippen LogP contribution is 1.85. The molecule has 0 rings (SSSR count). The molecule has 0 aromatic heterocycles. The molecule has 0 radical (unpaired) electrons. The van der Waals surface area contributed by atoms with Crippen LogP contribution >= 0.6 is 22.6 Å². The number of nitrogens with one attached hydrogen (secondary N) is 2. The Morgan fingerprint density at radius 2 is 1.87 bits per heavy atom. The Balaban J connectivity index is 3.67. The Bertz CT molecular complexity index is 296. The van der Waals surface area contributed by atoms with Gasteiger partial charge in [0.25, 0.3) is 0 Å². The molecule has 3 amide bonds. The lowest BCUT2D eigenvalue weighted by atomic mass is 10.3. The van der Waals surface area contributed by atoms with E-state index in [0.717, 1.165) is 0 Å². The third kappa shape index (κ3) is 7.93. The first kappa shape index (κ1) is 13.9. The van der Waals surface area contributed by atoms with Gasteiger partial charge in [-0.15, -0.1) is 12.3 Å². The quantitative estimate of drug-likeness (QED) is 0.411. The van der Waals surface area contributed by atoms with E-state index in [1.54, 1.807) is 0 Å². The van der Waals surface area contributed by atoms with Gasteiger partial charge in [-0.3, -0.25) is 19.7 Å². The number of imide groups is 1. The van der Waals surface area contributed by atoms with Gasteiger partial charge in [-0.2, -0.15) is 0 Å². The minimum absolute atomic E-state index is 0.185. The van der Waals surface area contributed by atoms with Crippen molar-refractivity contribution in [3.8, 4) is 12.3 Å². The van der Waals surface area contributed by atoms with Crippen LogP contribution in [0.5, 0.6) is 0 Å². The fraction of sp³-hybridized carbons (Fsp3) is 0.444. The molecule has 0 aromatic rings. The van der Waals surface area contributed by atoms with E-state index in [1.807, 2.05) is 22.6 Å². The van der Waals surface area contributed by atoms with Crippen LogP contribution < -0.4 is 10.6 Å². The monoisotopic (exact) mass is 322 g/mol. The van der Waals surface area contributed by atoms with Gasteiger partial charge in [0.05, 0.1) is 11.0 Å². The number of rotatable bonds is 5. The van der Waals surface area contributed by atoms with E-state index in [2.05, 4.69) is 16.6 Å². The number of hydrogen-bond donors (Lipinski definition) is 2. The highest BCUT2D eigenvalue weighted by Gasteiger charge is 2.07. The van der Waals surface area contributed by atoms with Crippen LogP contribution in [0.25, 0.3) is 0 Å².